The van der Waals surface area contributed by atoms with Gasteiger partial charge in [0.1, 0.15) is 11.3 Å². The first-order chi connectivity index (χ1) is 9.31. The number of hydrogen-bond acceptors (Lipinski definition) is 2. The zero-order valence-corrected chi connectivity index (χ0v) is 11.4. The van der Waals surface area contributed by atoms with Crippen LogP contribution in [0.25, 0.3) is 16.7 Å². The van der Waals surface area contributed by atoms with E-state index in [1.165, 1.54) is 0 Å². The quantitative estimate of drug-likeness (QED) is 0.727. The summed E-state index contributed by atoms with van der Waals surface area (Å²) in [4.78, 5) is 3.23. The molecule has 3 nitrogen and oxygen atoms in total. The molecule has 1 aromatic heterocycles. The monoisotopic (exact) mass is 270 g/mol. The van der Waals surface area contributed by atoms with E-state index in [1.54, 1.807) is 0 Å². The van der Waals surface area contributed by atoms with Gasteiger partial charge in [-0.15, -0.1) is 0 Å². The van der Waals surface area contributed by atoms with Gasteiger partial charge in [-0.1, -0.05) is 24.3 Å². The van der Waals surface area contributed by atoms with E-state index in [2.05, 4.69) is 4.98 Å². The number of hydrogen-bond donors (Lipinski definition) is 1. The van der Waals surface area contributed by atoms with Crippen LogP contribution in [0.2, 0.25) is 0 Å². The Bertz CT molecular complexity index is 759. The minimum absolute atomic E-state index is 0.635. The summed E-state index contributed by atoms with van der Waals surface area (Å²) >= 11 is 5.43. The van der Waals surface area contributed by atoms with Crippen molar-refractivity contribution in [3.8, 4) is 11.4 Å². The summed E-state index contributed by atoms with van der Waals surface area (Å²) in [6, 6.07) is 16.0. The van der Waals surface area contributed by atoms with E-state index in [-0.39, 0.29) is 0 Å². The van der Waals surface area contributed by atoms with Gasteiger partial charge in [0.05, 0.1) is 12.1 Å². The lowest BCUT2D eigenvalue weighted by Crippen LogP contribution is -1.94. The fourth-order valence-electron chi connectivity index (χ4n) is 2.21. The molecule has 0 aliphatic rings. The Hall–Kier alpha value is -2.07. The topological polar surface area (TPSA) is 29.9 Å². The van der Waals surface area contributed by atoms with Crippen molar-refractivity contribution in [2.45, 2.75) is 6.92 Å². The van der Waals surface area contributed by atoms with Crippen LogP contribution in [0.5, 0.6) is 5.75 Å². The van der Waals surface area contributed by atoms with Crippen LogP contribution in [0.4, 0.5) is 0 Å². The fraction of sp³-hybridized carbons (Fsp3) is 0.133. The van der Waals surface area contributed by atoms with Gasteiger partial charge in [-0.2, -0.15) is 0 Å². The Morgan fingerprint density at radius 3 is 2.63 bits per heavy atom. The third-order valence-electron chi connectivity index (χ3n) is 2.99. The van der Waals surface area contributed by atoms with Crippen LogP contribution >= 0.6 is 12.2 Å². The van der Waals surface area contributed by atoms with Gasteiger partial charge >= 0.3 is 0 Å². The number of ether oxygens (including phenoxy) is 1. The second-order valence-electron chi connectivity index (χ2n) is 4.18. The Balaban J connectivity index is 2.30. The van der Waals surface area contributed by atoms with Gasteiger partial charge in [0, 0.05) is 5.69 Å². The van der Waals surface area contributed by atoms with E-state index in [1.807, 2.05) is 60.0 Å². The molecular weight excluding hydrogens is 256 g/mol. The molecule has 0 bridgehead atoms. The number of aromatic nitrogens is 2. The number of nitrogens with one attached hydrogen (secondary N) is 1. The molecule has 0 saturated heterocycles. The van der Waals surface area contributed by atoms with Crippen molar-refractivity contribution >= 4 is 23.3 Å². The lowest BCUT2D eigenvalue weighted by molar-refractivity contribution is 0.343. The first-order valence-electron chi connectivity index (χ1n) is 6.23. The van der Waals surface area contributed by atoms with E-state index in [4.69, 9.17) is 17.0 Å². The van der Waals surface area contributed by atoms with Gasteiger partial charge in [0.25, 0.3) is 0 Å². The van der Waals surface area contributed by atoms with Crippen molar-refractivity contribution in [3.63, 3.8) is 0 Å². The summed E-state index contributed by atoms with van der Waals surface area (Å²) in [5.74, 6) is 0.834. The highest BCUT2D eigenvalue weighted by molar-refractivity contribution is 7.71. The number of aromatic amines is 1. The van der Waals surface area contributed by atoms with E-state index >= 15 is 0 Å². The molecule has 2 aromatic carbocycles. The number of benzene rings is 2. The first kappa shape index (κ1) is 12.0. The molecule has 0 spiro atoms. The zero-order chi connectivity index (χ0) is 13.2. The maximum atomic E-state index is 5.63. The number of fused-ring (bicyclic) bond motifs is 1. The highest BCUT2D eigenvalue weighted by Crippen LogP contribution is 2.27. The first-order valence-corrected chi connectivity index (χ1v) is 6.64. The average molecular weight is 270 g/mol. The van der Waals surface area contributed by atoms with Crippen LogP contribution in [0, 0.1) is 4.77 Å². The normalized spacial score (nSPS) is 10.8. The predicted molar refractivity (Wildman–Crippen MR) is 79.6 cm³/mol. The molecule has 0 atom stereocenters. The lowest BCUT2D eigenvalue weighted by Gasteiger charge is -2.06. The van der Waals surface area contributed by atoms with Crippen molar-refractivity contribution in [2.75, 3.05) is 6.61 Å². The SMILES string of the molecule is CCOc1cccc2c1[nH]c(=S)n2-c1ccccc1. The Morgan fingerprint density at radius 2 is 1.89 bits per heavy atom. The smallest absolute Gasteiger partial charge is 0.182 e. The largest absolute Gasteiger partial charge is 0.492 e. The maximum absolute atomic E-state index is 5.63. The summed E-state index contributed by atoms with van der Waals surface area (Å²) in [7, 11) is 0. The van der Waals surface area contributed by atoms with Crippen LogP contribution < -0.4 is 4.74 Å². The molecule has 0 aliphatic carbocycles. The van der Waals surface area contributed by atoms with Gasteiger partial charge < -0.3 is 9.72 Å². The number of rotatable bonds is 3. The Morgan fingerprint density at radius 1 is 1.11 bits per heavy atom. The molecule has 19 heavy (non-hydrogen) atoms. The van der Waals surface area contributed by atoms with Crippen LogP contribution in [-0.4, -0.2) is 16.2 Å². The van der Waals surface area contributed by atoms with Crippen LogP contribution in [-0.2, 0) is 0 Å². The minimum Gasteiger partial charge on any atom is -0.492 e. The van der Waals surface area contributed by atoms with Crippen molar-refractivity contribution < 1.29 is 4.74 Å². The fourth-order valence-corrected chi connectivity index (χ4v) is 2.52. The predicted octanol–water partition coefficient (Wildman–Crippen LogP) is 4.09. The number of nitrogens with zero attached hydrogens (tertiary/aromatic N) is 1. The molecule has 1 heterocycles. The summed E-state index contributed by atoms with van der Waals surface area (Å²) in [6.45, 7) is 2.61. The third-order valence-corrected chi connectivity index (χ3v) is 3.28. The highest BCUT2D eigenvalue weighted by Gasteiger charge is 2.09. The van der Waals surface area contributed by atoms with Gasteiger partial charge in [-0.05, 0) is 43.4 Å². The second-order valence-corrected chi connectivity index (χ2v) is 4.57. The molecule has 0 amide bonds. The molecule has 1 N–H and O–H groups in total. The summed E-state index contributed by atoms with van der Waals surface area (Å²) in [5.41, 5.74) is 3.02. The third kappa shape index (κ3) is 2.04. The molecule has 0 fully saturated rings. The molecule has 96 valence electrons. The molecule has 3 rings (SSSR count). The van der Waals surface area contributed by atoms with Crippen molar-refractivity contribution in [2.24, 2.45) is 0 Å². The van der Waals surface area contributed by atoms with Gasteiger partial charge in [0.15, 0.2) is 4.77 Å². The van der Waals surface area contributed by atoms with E-state index in [9.17, 15) is 0 Å². The molecule has 0 radical (unpaired) electrons. The number of para-hydroxylation sites is 2. The van der Waals surface area contributed by atoms with Gasteiger partial charge in [-0.25, -0.2) is 0 Å². The Labute approximate surface area is 116 Å². The standard InChI is InChI=1S/C15H14N2OS/c1-2-18-13-10-6-9-12-14(13)16-15(19)17(12)11-7-4-3-5-8-11/h3-10H,2H2,1H3,(H,16,19). The molecule has 0 aliphatic heterocycles. The van der Waals surface area contributed by atoms with Crippen LogP contribution in [0.1, 0.15) is 6.92 Å². The van der Waals surface area contributed by atoms with Gasteiger partial charge in [0.2, 0.25) is 0 Å². The minimum atomic E-state index is 0.635. The molecule has 3 aromatic rings. The zero-order valence-electron chi connectivity index (χ0n) is 10.6. The second kappa shape index (κ2) is 4.90. The Kier molecular flexibility index (Phi) is 3.09. The van der Waals surface area contributed by atoms with Crippen LogP contribution in [0.3, 0.4) is 0 Å². The van der Waals surface area contributed by atoms with E-state index in [0.717, 1.165) is 22.5 Å². The maximum Gasteiger partial charge on any atom is 0.182 e. The summed E-state index contributed by atoms with van der Waals surface area (Å²) in [5, 5.41) is 0. The molecule has 4 heteroatoms. The molecule has 0 unspecified atom stereocenters. The average Bonchev–Trinajstić information content (AvgIpc) is 2.77. The van der Waals surface area contributed by atoms with E-state index < -0.39 is 0 Å². The highest BCUT2D eigenvalue weighted by atomic mass is 32.1. The number of H-pyrrole nitrogens is 1. The van der Waals surface area contributed by atoms with Crippen LogP contribution in [0.15, 0.2) is 48.5 Å². The van der Waals surface area contributed by atoms with Crippen molar-refractivity contribution in [1.29, 1.82) is 0 Å². The lowest BCUT2D eigenvalue weighted by atomic mass is 10.2. The summed E-state index contributed by atoms with van der Waals surface area (Å²) < 4.78 is 8.33. The summed E-state index contributed by atoms with van der Waals surface area (Å²) in [6.07, 6.45) is 0. The molecular formula is C15H14N2OS. The van der Waals surface area contributed by atoms with Crippen molar-refractivity contribution in [1.82, 2.24) is 9.55 Å². The number of imidazole rings is 1. The van der Waals surface area contributed by atoms with Gasteiger partial charge in [-0.3, -0.25) is 4.57 Å². The molecule has 0 saturated carbocycles. The van der Waals surface area contributed by atoms with Crippen molar-refractivity contribution in [3.05, 3.63) is 53.3 Å². The van der Waals surface area contributed by atoms with E-state index in [0.29, 0.717) is 11.4 Å².